The minimum atomic E-state index is -0.492. The number of rotatable bonds is 1. The van der Waals surface area contributed by atoms with Gasteiger partial charge in [0, 0.05) is 12.0 Å². The Kier molecular flexibility index (Phi) is 3.87. The summed E-state index contributed by atoms with van der Waals surface area (Å²) in [6.45, 7) is 2.52. The Balaban J connectivity index is 1.52. The first-order chi connectivity index (χ1) is 11.1. The number of carbonyl (C=O) groups is 1. The van der Waals surface area contributed by atoms with Crippen molar-refractivity contribution in [3.8, 4) is 0 Å². The molecule has 124 valence electrons. The van der Waals surface area contributed by atoms with Gasteiger partial charge in [0.1, 0.15) is 11.7 Å². The molecule has 4 rings (SSSR count). The number of hydrogen-bond acceptors (Lipinski definition) is 5. The first-order valence-electron chi connectivity index (χ1n) is 8.33. The van der Waals surface area contributed by atoms with Crippen LogP contribution < -0.4 is 0 Å². The number of ether oxygens (including phenoxy) is 4. The minimum absolute atomic E-state index is 0.0526. The maximum atomic E-state index is 11.5. The summed E-state index contributed by atoms with van der Waals surface area (Å²) in [7, 11) is 0. The SMILES string of the molecule is C[C@@]12CO[C@@H](c3ccccc3)O[C@H]1CC[C@@H]1OC(=O)CC[C@H]1O2. The van der Waals surface area contributed by atoms with E-state index in [9.17, 15) is 4.79 Å². The van der Waals surface area contributed by atoms with Crippen molar-refractivity contribution in [3.05, 3.63) is 35.9 Å². The average Bonchev–Trinajstić information content (AvgIpc) is 2.71. The molecule has 1 aromatic rings. The summed E-state index contributed by atoms with van der Waals surface area (Å²) in [5.74, 6) is -0.121. The fraction of sp³-hybridized carbons (Fsp3) is 0.611. The molecule has 3 aliphatic heterocycles. The molecule has 0 saturated carbocycles. The Hall–Kier alpha value is -1.43. The zero-order chi connectivity index (χ0) is 15.9. The number of hydrogen-bond donors (Lipinski definition) is 0. The van der Waals surface area contributed by atoms with Crippen LogP contribution in [0.5, 0.6) is 0 Å². The summed E-state index contributed by atoms with van der Waals surface area (Å²) in [5.41, 5.74) is 0.525. The highest BCUT2D eigenvalue weighted by atomic mass is 16.7. The molecule has 3 aliphatic rings. The van der Waals surface area contributed by atoms with E-state index in [2.05, 4.69) is 0 Å². The highest BCUT2D eigenvalue weighted by Gasteiger charge is 2.49. The third-order valence-electron chi connectivity index (χ3n) is 5.03. The van der Waals surface area contributed by atoms with Gasteiger partial charge in [0.2, 0.25) is 0 Å². The van der Waals surface area contributed by atoms with Crippen molar-refractivity contribution in [2.75, 3.05) is 6.61 Å². The van der Waals surface area contributed by atoms with E-state index in [1.807, 2.05) is 37.3 Å². The lowest BCUT2D eigenvalue weighted by Crippen LogP contribution is -2.53. The monoisotopic (exact) mass is 318 g/mol. The summed E-state index contributed by atoms with van der Waals surface area (Å²) in [5, 5.41) is 0. The first kappa shape index (κ1) is 15.1. The average molecular weight is 318 g/mol. The van der Waals surface area contributed by atoms with Crippen molar-refractivity contribution in [1.82, 2.24) is 0 Å². The van der Waals surface area contributed by atoms with Crippen LogP contribution in [-0.2, 0) is 23.7 Å². The number of carbonyl (C=O) groups excluding carboxylic acids is 1. The van der Waals surface area contributed by atoms with E-state index < -0.39 is 5.60 Å². The fourth-order valence-corrected chi connectivity index (χ4v) is 3.73. The minimum Gasteiger partial charge on any atom is -0.460 e. The predicted octanol–water partition coefficient (Wildman–Crippen LogP) is 2.74. The zero-order valence-electron chi connectivity index (χ0n) is 13.3. The molecule has 3 heterocycles. The molecule has 5 atom stereocenters. The van der Waals surface area contributed by atoms with Crippen molar-refractivity contribution in [1.29, 1.82) is 0 Å². The lowest BCUT2D eigenvalue weighted by Gasteiger charge is -2.44. The molecule has 3 fully saturated rings. The highest BCUT2D eigenvalue weighted by Crippen LogP contribution is 2.41. The highest BCUT2D eigenvalue weighted by molar-refractivity contribution is 5.70. The van der Waals surface area contributed by atoms with Crippen LogP contribution in [0, 0.1) is 0 Å². The van der Waals surface area contributed by atoms with E-state index in [0.717, 1.165) is 18.4 Å². The van der Waals surface area contributed by atoms with Crippen molar-refractivity contribution in [2.24, 2.45) is 0 Å². The first-order valence-corrected chi connectivity index (χ1v) is 8.33. The van der Waals surface area contributed by atoms with Gasteiger partial charge in [0.15, 0.2) is 6.29 Å². The largest absolute Gasteiger partial charge is 0.460 e. The molecule has 23 heavy (non-hydrogen) atoms. The molecule has 0 amide bonds. The van der Waals surface area contributed by atoms with Crippen LogP contribution in [0.2, 0.25) is 0 Å². The lowest BCUT2D eigenvalue weighted by atomic mass is 9.94. The van der Waals surface area contributed by atoms with Gasteiger partial charge in [0.25, 0.3) is 0 Å². The topological polar surface area (TPSA) is 54.0 Å². The second-order valence-corrected chi connectivity index (χ2v) is 6.79. The van der Waals surface area contributed by atoms with Gasteiger partial charge in [-0.05, 0) is 26.2 Å². The van der Waals surface area contributed by atoms with E-state index >= 15 is 0 Å². The third-order valence-corrected chi connectivity index (χ3v) is 5.03. The molecule has 0 unspecified atom stereocenters. The van der Waals surface area contributed by atoms with Crippen molar-refractivity contribution >= 4 is 5.97 Å². The Morgan fingerprint density at radius 1 is 1.09 bits per heavy atom. The Labute approximate surface area is 135 Å². The van der Waals surface area contributed by atoms with Crippen LogP contribution in [0.3, 0.4) is 0 Å². The standard InChI is InChI=1S/C18H22O5/c1-18-11-20-17(12-5-3-2-4-6-12)22-15(18)9-7-13-14(23-18)8-10-16(19)21-13/h2-6,13-15,17H,7-11H2,1H3/t13-,14+,15-,17+,18+/m0/s1. The summed E-state index contributed by atoms with van der Waals surface area (Å²) in [4.78, 5) is 11.5. The maximum absolute atomic E-state index is 11.5. The molecule has 0 N–H and O–H groups in total. The summed E-state index contributed by atoms with van der Waals surface area (Å²) in [6.07, 6.45) is 2.09. The van der Waals surface area contributed by atoms with E-state index in [1.54, 1.807) is 0 Å². The molecule has 0 bridgehead atoms. The summed E-state index contributed by atoms with van der Waals surface area (Å²) in [6, 6.07) is 9.95. The van der Waals surface area contributed by atoms with Gasteiger partial charge in [-0.2, -0.15) is 0 Å². The molecule has 0 aliphatic carbocycles. The smallest absolute Gasteiger partial charge is 0.306 e. The van der Waals surface area contributed by atoms with Crippen molar-refractivity contribution in [3.63, 3.8) is 0 Å². The predicted molar refractivity (Wildman–Crippen MR) is 81.6 cm³/mol. The van der Waals surface area contributed by atoms with Gasteiger partial charge in [-0.3, -0.25) is 4.79 Å². The number of esters is 1. The molecule has 3 saturated heterocycles. The fourth-order valence-electron chi connectivity index (χ4n) is 3.73. The second-order valence-electron chi connectivity index (χ2n) is 6.79. The summed E-state index contributed by atoms with van der Waals surface area (Å²) < 4.78 is 23.9. The van der Waals surface area contributed by atoms with Crippen LogP contribution in [0.25, 0.3) is 0 Å². The third kappa shape index (κ3) is 2.89. The van der Waals surface area contributed by atoms with Gasteiger partial charge in [-0.1, -0.05) is 30.3 Å². The number of benzene rings is 1. The van der Waals surface area contributed by atoms with Crippen LogP contribution in [-0.4, -0.2) is 36.5 Å². The van der Waals surface area contributed by atoms with E-state index in [4.69, 9.17) is 18.9 Å². The molecule has 0 radical (unpaired) electrons. The van der Waals surface area contributed by atoms with Gasteiger partial charge in [0.05, 0.1) is 18.8 Å². The molecule has 0 aromatic heterocycles. The van der Waals surface area contributed by atoms with Gasteiger partial charge >= 0.3 is 5.97 Å². The Morgan fingerprint density at radius 3 is 2.74 bits per heavy atom. The van der Waals surface area contributed by atoms with Crippen molar-refractivity contribution < 1.29 is 23.7 Å². The molecule has 5 heteroatoms. The quantitative estimate of drug-likeness (QED) is 0.745. The molecule has 0 spiro atoms. The number of fused-ring (bicyclic) bond motifs is 2. The maximum Gasteiger partial charge on any atom is 0.306 e. The Morgan fingerprint density at radius 2 is 1.91 bits per heavy atom. The molecule has 5 nitrogen and oxygen atoms in total. The van der Waals surface area contributed by atoms with Crippen molar-refractivity contribution in [2.45, 2.75) is 62.8 Å². The van der Waals surface area contributed by atoms with E-state index in [0.29, 0.717) is 19.4 Å². The lowest BCUT2D eigenvalue weighted by molar-refractivity contribution is -0.307. The van der Waals surface area contributed by atoms with E-state index in [-0.39, 0.29) is 30.6 Å². The Bertz CT molecular complexity index is 574. The zero-order valence-corrected chi connectivity index (χ0v) is 13.3. The van der Waals surface area contributed by atoms with Gasteiger partial charge in [-0.15, -0.1) is 0 Å². The van der Waals surface area contributed by atoms with Crippen LogP contribution >= 0.6 is 0 Å². The normalized spacial score (nSPS) is 40.5. The second kappa shape index (κ2) is 5.89. The van der Waals surface area contributed by atoms with E-state index in [1.165, 1.54) is 0 Å². The van der Waals surface area contributed by atoms with Crippen LogP contribution in [0.15, 0.2) is 30.3 Å². The molecular weight excluding hydrogens is 296 g/mol. The van der Waals surface area contributed by atoms with Gasteiger partial charge < -0.3 is 18.9 Å². The van der Waals surface area contributed by atoms with Crippen LogP contribution in [0.1, 0.15) is 44.5 Å². The van der Waals surface area contributed by atoms with Gasteiger partial charge in [-0.25, -0.2) is 0 Å². The summed E-state index contributed by atoms with van der Waals surface area (Å²) >= 11 is 0. The van der Waals surface area contributed by atoms with Crippen LogP contribution in [0.4, 0.5) is 0 Å². The molecular formula is C18H22O5. The molecule has 1 aromatic carbocycles.